The van der Waals surface area contributed by atoms with E-state index in [4.69, 9.17) is 0 Å². The molecule has 0 fully saturated rings. The molecule has 0 aliphatic carbocycles. The molecule has 1 aliphatic rings. The zero-order valence-corrected chi connectivity index (χ0v) is 14.0. The summed E-state index contributed by atoms with van der Waals surface area (Å²) < 4.78 is 0. The highest BCUT2D eigenvalue weighted by Crippen LogP contribution is 2.37. The lowest BCUT2D eigenvalue weighted by atomic mass is 9.98. The van der Waals surface area contributed by atoms with Gasteiger partial charge in [0, 0.05) is 15.5 Å². The summed E-state index contributed by atoms with van der Waals surface area (Å²) in [5, 5.41) is 3.51. The van der Waals surface area contributed by atoms with Crippen molar-refractivity contribution in [3.05, 3.63) is 56.3 Å². The van der Waals surface area contributed by atoms with Gasteiger partial charge < -0.3 is 5.32 Å². The zero-order chi connectivity index (χ0) is 14.1. The number of hydrogen-bond acceptors (Lipinski definition) is 3. The first-order valence-corrected chi connectivity index (χ1v) is 9.10. The summed E-state index contributed by atoms with van der Waals surface area (Å²) >= 11 is 4.06. The Morgan fingerprint density at radius 1 is 1.20 bits per heavy atom. The molecule has 106 valence electrons. The van der Waals surface area contributed by atoms with Crippen molar-refractivity contribution in [2.45, 2.75) is 32.1 Å². The fraction of sp³-hybridized carbons (Fsp3) is 0.412. The highest BCUT2D eigenvalue weighted by atomic mass is 32.2. The zero-order valence-electron chi connectivity index (χ0n) is 12.3. The predicted octanol–water partition coefficient (Wildman–Crippen LogP) is 4.46. The van der Waals surface area contributed by atoms with Crippen LogP contribution in [-0.4, -0.2) is 12.8 Å². The van der Waals surface area contributed by atoms with E-state index < -0.39 is 0 Å². The molecule has 1 aromatic heterocycles. The number of benzene rings is 1. The van der Waals surface area contributed by atoms with Gasteiger partial charge in [-0.1, -0.05) is 23.8 Å². The highest BCUT2D eigenvalue weighted by molar-refractivity contribution is 7.98. The van der Waals surface area contributed by atoms with Crippen molar-refractivity contribution in [3.63, 3.8) is 0 Å². The van der Waals surface area contributed by atoms with Crippen molar-refractivity contribution in [2.24, 2.45) is 0 Å². The van der Waals surface area contributed by atoms with Crippen LogP contribution in [0.3, 0.4) is 0 Å². The Morgan fingerprint density at radius 2 is 2.05 bits per heavy atom. The average Bonchev–Trinajstić information content (AvgIpc) is 2.85. The molecule has 2 aromatic rings. The Morgan fingerprint density at radius 3 is 2.75 bits per heavy atom. The van der Waals surface area contributed by atoms with E-state index in [1.807, 2.05) is 11.3 Å². The first kappa shape index (κ1) is 14.2. The number of nitrogens with one attached hydrogen (secondary N) is 1. The third kappa shape index (κ3) is 2.67. The lowest BCUT2D eigenvalue weighted by Crippen LogP contribution is -2.17. The summed E-state index contributed by atoms with van der Waals surface area (Å²) in [6.45, 7) is 4.38. The number of thiophene rings is 1. The van der Waals surface area contributed by atoms with Gasteiger partial charge in [-0.25, -0.2) is 0 Å². The van der Waals surface area contributed by atoms with Crippen molar-refractivity contribution in [2.75, 3.05) is 12.8 Å². The molecule has 1 aromatic carbocycles. The van der Waals surface area contributed by atoms with Crippen LogP contribution in [-0.2, 0) is 12.2 Å². The second-order valence-corrected chi connectivity index (χ2v) is 7.75. The Hall–Kier alpha value is -0.770. The van der Waals surface area contributed by atoms with Crippen molar-refractivity contribution in [1.82, 2.24) is 5.32 Å². The Balaban J connectivity index is 1.98. The van der Waals surface area contributed by atoms with E-state index in [9.17, 15) is 0 Å². The van der Waals surface area contributed by atoms with Gasteiger partial charge >= 0.3 is 0 Å². The molecule has 3 rings (SSSR count). The third-order valence-electron chi connectivity index (χ3n) is 3.96. The standard InChI is InChI=1S/C17H21NS2/c1-11-4-5-14(12(2)8-11)17(18-3)16-9-13-10-19-7-6-15(13)20-16/h4-5,8-9,17-18H,6-7,10H2,1-3H3. The molecule has 0 amide bonds. The van der Waals surface area contributed by atoms with Crippen molar-refractivity contribution >= 4 is 23.1 Å². The van der Waals surface area contributed by atoms with Gasteiger partial charge in [0.15, 0.2) is 0 Å². The molecule has 1 unspecified atom stereocenters. The van der Waals surface area contributed by atoms with Gasteiger partial charge in [0.2, 0.25) is 0 Å². The van der Waals surface area contributed by atoms with E-state index in [2.05, 4.69) is 62.2 Å². The molecule has 0 saturated heterocycles. The van der Waals surface area contributed by atoms with Crippen LogP contribution in [0.4, 0.5) is 0 Å². The SMILES string of the molecule is CNC(c1cc2c(s1)CCSC2)c1ccc(C)cc1C. The molecule has 0 saturated carbocycles. The molecule has 0 radical (unpaired) electrons. The summed E-state index contributed by atoms with van der Waals surface area (Å²) in [7, 11) is 2.07. The minimum Gasteiger partial charge on any atom is -0.309 e. The summed E-state index contributed by atoms with van der Waals surface area (Å²) in [6, 6.07) is 9.53. The second kappa shape index (κ2) is 5.92. The van der Waals surface area contributed by atoms with Gasteiger partial charge in [0.05, 0.1) is 6.04 Å². The summed E-state index contributed by atoms with van der Waals surface area (Å²) in [4.78, 5) is 3.07. The molecule has 0 spiro atoms. The first-order valence-electron chi connectivity index (χ1n) is 7.12. The smallest absolute Gasteiger partial charge is 0.0671 e. The number of aryl methyl sites for hydroxylation is 3. The average molecular weight is 303 g/mol. The van der Waals surface area contributed by atoms with Crippen LogP contribution >= 0.6 is 23.1 Å². The van der Waals surface area contributed by atoms with Crippen molar-refractivity contribution in [3.8, 4) is 0 Å². The topological polar surface area (TPSA) is 12.0 Å². The number of hydrogen-bond donors (Lipinski definition) is 1. The number of rotatable bonds is 3. The lowest BCUT2D eigenvalue weighted by Gasteiger charge is -2.18. The summed E-state index contributed by atoms with van der Waals surface area (Å²) in [5.41, 5.74) is 5.68. The molecule has 1 atom stereocenters. The van der Waals surface area contributed by atoms with E-state index >= 15 is 0 Å². The van der Waals surface area contributed by atoms with Crippen LogP contribution in [0.15, 0.2) is 24.3 Å². The second-order valence-electron chi connectivity index (χ2n) is 5.48. The fourth-order valence-corrected chi connectivity index (χ4v) is 5.42. The molecular weight excluding hydrogens is 282 g/mol. The van der Waals surface area contributed by atoms with Gasteiger partial charge in [0.25, 0.3) is 0 Å². The van der Waals surface area contributed by atoms with Crippen molar-refractivity contribution in [1.29, 1.82) is 0 Å². The normalized spacial score (nSPS) is 15.9. The maximum atomic E-state index is 3.51. The largest absolute Gasteiger partial charge is 0.309 e. The molecule has 0 bridgehead atoms. The van der Waals surface area contributed by atoms with Crippen LogP contribution in [0.2, 0.25) is 0 Å². The van der Waals surface area contributed by atoms with E-state index in [-0.39, 0.29) is 0 Å². The van der Waals surface area contributed by atoms with Gasteiger partial charge in [-0.2, -0.15) is 11.8 Å². The van der Waals surface area contributed by atoms with Gasteiger partial charge in [-0.3, -0.25) is 0 Å². The molecule has 1 nitrogen and oxygen atoms in total. The molecule has 3 heteroatoms. The molecule has 1 aliphatic heterocycles. The van der Waals surface area contributed by atoms with Crippen LogP contribution < -0.4 is 5.32 Å². The quantitative estimate of drug-likeness (QED) is 0.898. The lowest BCUT2D eigenvalue weighted by molar-refractivity contribution is 0.699. The Kier molecular flexibility index (Phi) is 4.20. The third-order valence-corrected chi connectivity index (χ3v) is 6.27. The minimum atomic E-state index is 0.330. The Bertz CT molecular complexity index is 592. The van der Waals surface area contributed by atoms with Gasteiger partial charge in [-0.05, 0) is 55.8 Å². The fourth-order valence-electron chi connectivity index (χ4n) is 2.91. The monoisotopic (exact) mass is 303 g/mol. The van der Waals surface area contributed by atoms with Crippen LogP contribution in [0, 0.1) is 13.8 Å². The maximum Gasteiger partial charge on any atom is 0.0671 e. The minimum absolute atomic E-state index is 0.330. The van der Waals surface area contributed by atoms with E-state index in [1.54, 1.807) is 10.4 Å². The Labute approximate surface area is 129 Å². The molecular formula is C17H21NS2. The summed E-state index contributed by atoms with van der Waals surface area (Å²) in [5.74, 6) is 2.47. The van der Waals surface area contributed by atoms with E-state index in [0.717, 1.165) is 0 Å². The summed E-state index contributed by atoms with van der Waals surface area (Å²) in [6.07, 6.45) is 1.24. The van der Waals surface area contributed by atoms with Gasteiger partial charge in [0.1, 0.15) is 0 Å². The molecule has 1 N–H and O–H groups in total. The number of thioether (sulfide) groups is 1. The predicted molar refractivity (Wildman–Crippen MR) is 91.0 cm³/mol. The van der Waals surface area contributed by atoms with E-state index in [0.29, 0.717) is 6.04 Å². The molecule has 2 heterocycles. The number of fused-ring (bicyclic) bond motifs is 1. The molecule has 20 heavy (non-hydrogen) atoms. The maximum absolute atomic E-state index is 3.51. The van der Waals surface area contributed by atoms with E-state index in [1.165, 1.54) is 39.5 Å². The highest BCUT2D eigenvalue weighted by Gasteiger charge is 2.20. The van der Waals surface area contributed by atoms with Crippen molar-refractivity contribution < 1.29 is 0 Å². The van der Waals surface area contributed by atoms with Crippen LogP contribution in [0.5, 0.6) is 0 Å². The van der Waals surface area contributed by atoms with Crippen LogP contribution in [0.1, 0.15) is 38.0 Å². The first-order chi connectivity index (χ1) is 9.69. The van der Waals surface area contributed by atoms with Crippen LogP contribution in [0.25, 0.3) is 0 Å². The van der Waals surface area contributed by atoms with Gasteiger partial charge in [-0.15, -0.1) is 11.3 Å².